The Hall–Kier alpha value is -6.71. The number of piperazine rings is 1. The zero-order valence-electron chi connectivity index (χ0n) is 31.2. The minimum Gasteiger partial charge on any atom is -0.496 e. The number of benzene rings is 3. The maximum Gasteiger partial charge on any atom is 0.264 e. The van der Waals surface area contributed by atoms with Crippen LogP contribution in [-0.4, -0.2) is 105 Å². The molecule has 3 aliphatic rings. The number of nitrogens with zero attached hydrogens (tertiary/aromatic N) is 6. The fourth-order valence-electron chi connectivity index (χ4n) is 7.69. The number of carbonyl (C=O) groups excluding carboxylic acids is 5. The lowest BCUT2D eigenvalue weighted by Crippen LogP contribution is -2.54. The van der Waals surface area contributed by atoms with Gasteiger partial charge in [0.15, 0.2) is 5.82 Å². The van der Waals surface area contributed by atoms with Crippen molar-refractivity contribution in [2.45, 2.75) is 44.6 Å². The molecule has 0 saturated carbocycles. The third-order valence-electron chi connectivity index (χ3n) is 10.7. The highest BCUT2D eigenvalue weighted by atomic mass is 19.1. The summed E-state index contributed by atoms with van der Waals surface area (Å²) in [5, 5.41) is 12.9. The fourth-order valence-corrected chi connectivity index (χ4v) is 7.69. The third-order valence-corrected chi connectivity index (χ3v) is 10.7. The van der Waals surface area contributed by atoms with Crippen molar-refractivity contribution in [3.8, 4) is 28.4 Å². The van der Waals surface area contributed by atoms with Crippen LogP contribution in [0.2, 0.25) is 0 Å². The molecule has 5 amide bonds. The van der Waals surface area contributed by atoms with E-state index in [0.717, 1.165) is 35.4 Å². The van der Waals surface area contributed by atoms with E-state index in [1.807, 2.05) is 29.2 Å². The van der Waals surface area contributed by atoms with Crippen LogP contribution in [-0.2, 0) is 14.4 Å². The second-order valence-corrected chi connectivity index (χ2v) is 14.2. The van der Waals surface area contributed by atoms with Crippen LogP contribution in [0.5, 0.6) is 5.75 Å². The second-order valence-electron chi connectivity index (χ2n) is 14.2. The normalized spacial score (nSPS) is 16.9. The number of hydrogen-bond acceptors (Lipinski definition) is 11. The standard InChI is InChI=1S/C41H40FN9O6/c1-57-31-10-6-8-27(42)35(31)38-44-23-29-37(46-38)36(48-47-29)24-12-14-25(15-13-24)49-19-21-50(22-20-49)33(53)11-3-2-4-18-43-28-9-5-7-26-34(28)41(56)51(40(26)55)30-16-17-32(52)45-39(30)54/h5-10,12-15,23,30,43H,2-4,11,16-22H2,1H3,(H,47,48)(H,45,52,54). The number of ether oxygens (including phenoxy) is 1. The lowest BCUT2D eigenvalue weighted by molar-refractivity contribution is -0.136. The predicted molar refractivity (Wildman–Crippen MR) is 208 cm³/mol. The molecule has 2 fully saturated rings. The van der Waals surface area contributed by atoms with E-state index in [1.54, 1.807) is 36.5 Å². The minimum absolute atomic E-state index is 0.0617. The summed E-state index contributed by atoms with van der Waals surface area (Å²) in [7, 11) is 1.47. The van der Waals surface area contributed by atoms with Gasteiger partial charge in [-0.15, -0.1) is 0 Å². The van der Waals surface area contributed by atoms with Crippen molar-refractivity contribution in [2.24, 2.45) is 0 Å². The molecule has 0 aliphatic carbocycles. The smallest absolute Gasteiger partial charge is 0.264 e. The van der Waals surface area contributed by atoms with Gasteiger partial charge in [-0.05, 0) is 55.7 Å². The van der Waals surface area contributed by atoms with Gasteiger partial charge >= 0.3 is 0 Å². The van der Waals surface area contributed by atoms with Crippen LogP contribution in [0.25, 0.3) is 33.7 Å². The highest BCUT2D eigenvalue weighted by molar-refractivity contribution is 6.25. The Bertz CT molecular complexity index is 2390. The van der Waals surface area contributed by atoms with Crippen molar-refractivity contribution < 1.29 is 33.1 Å². The number of amides is 5. The summed E-state index contributed by atoms with van der Waals surface area (Å²) in [6.45, 7) is 3.17. The van der Waals surface area contributed by atoms with Gasteiger partial charge in [0, 0.05) is 62.5 Å². The lowest BCUT2D eigenvalue weighted by Gasteiger charge is -2.36. The molecule has 0 bridgehead atoms. The van der Waals surface area contributed by atoms with Crippen LogP contribution in [0.4, 0.5) is 15.8 Å². The van der Waals surface area contributed by atoms with Gasteiger partial charge in [0.05, 0.1) is 30.0 Å². The molecule has 57 heavy (non-hydrogen) atoms. The van der Waals surface area contributed by atoms with Crippen LogP contribution in [0, 0.1) is 5.82 Å². The maximum atomic E-state index is 14.8. The van der Waals surface area contributed by atoms with Crippen molar-refractivity contribution in [3.05, 3.63) is 83.8 Å². The summed E-state index contributed by atoms with van der Waals surface area (Å²) in [4.78, 5) is 77.6. The zero-order chi connectivity index (χ0) is 39.6. The van der Waals surface area contributed by atoms with E-state index in [0.29, 0.717) is 67.3 Å². The molecular formula is C41H40FN9O6. The number of hydrogen-bond donors (Lipinski definition) is 3. The average Bonchev–Trinajstić information content (AvgIpc) is 3.76. The Kier molecular flexibility index (Phi) is 10.3. The van der Waals surface area contributed by atoms with E-state index >= 15 is 0 Å². The first-order chi connectivity index (χ1) is 27.7. The number of nitrogens with one attached hydrogen (secondary N) is 3. The molecule has 3 aliphatic heterocycles. The van der Waals surface area contributed by atoms with Crippen molar-refractivity contribution in [1.82, 2.24) is 35.3 Å². The first kappa shape index (κ1) is 37.2. The molecule has 0 spiro atoms. The Morgan fingerprint density at radius 3 is 2.49 bits per heavy atom. The highest BCUT2D eigenvalue weighted by Crippen LogP contribution is 2.34. The molecule has 3 aromatic carbocycles. The van der Waals surface area contributed by atoms with Gasteiger partial charge in [0.25, 0.3) is 11.8 Å². The SMILES string of the molecule is COc1cccc(F)c1-c1ncc2[nH]nc(-c3ccc(N4CCN(C(=O)CCCCCNc5cccc6c5C(=O)N(C5CCC(=O)NC5=O)C6=O)CC4)cc3)c2n1. The number of imide groups is 2. The number of aromatic nitrogens is 4. The van der Waals surface area contributed by atoms with E-state index in [2.05, 4.69) is 35.7 Å². The third kappa shape index (κ3) is 7.25. The van der Waals surface area contributed by atoms with Gasteiger partial charge in [-0.3, -0.25) is 39.3 Å². The summed E-state index contributed by atoms with van der Waals surface area (Å²) < 4.78 is 20.1. The van der Waals surface area contributed by atoms with Crippen molar-refractivity contribution in [1.29, 1.82) is 0 Å². The number of aromatic amines is 1. The molecule has 1 atom stereocenters. The van der Waals surface area contributed by atoms with Gasteiger partial charge in [-0.1, -0.05) is 30.7 Å². The number of methoxy groups -OCH3 is 1. The van der Waals surface area contributed by atoms with Gasteiger partial charge < -0.3 is 19.9 Å². The van der Waals surface area contributed by atoms with Crippen LogP contribution < -0.4 is 20.3 Å². The highest BCUT2D eigenvalue weighted by Gasteiger charge is 2.45. The predicted octanol–water partition coefficient (Wildman–Crippen LogP) is 4.56. The van der Waals surface area contributed by atoms with E-state index in [4.69, 9.17) is 4.74 Å². The molecule has 1 unspecified atom stereocenters. The number of carbonyl (C=O) groups is 5. The fraction of sp³-hybridized carbons (Fsp3) is 0.317. The summed E-state index contributed by atoms with van der Waals surface area (Å²) in [5.41, 5.74) is 4.85. The van der Waals surface area contributed by atoms with E-state index < -0.39 is 35.5 Å². The summed E-state index contributed by atoms with van der Waals surface area (Å²) in [6.07, 6.45) is 4.46. The summed E-state index contributed by atoms with van der Waals surface area (Å²) in [5.74, 6) is -1.97. The first-order valence-corrected chi connectivity index (χ1v) is 19.0. The van der Waals surface area contributed by atoms with Gasteiger partial charge in [0.2, 0.25) is 17.7 Å². The molecule has 2 aromatic heterocycles. The number of unbranched alkanes of at least 4 members (excludes halogenated alkanes) is 2. The maximum absolute atomic E-state index is 14.8. The number of halogens is 1. The zero-order valence-corrected chi connectivity index (χ0v) is 31.2. The monoisotopic (exact) mass is 773 g/mol. The summed E-state index contributed by atoms with van der Waals surface area (Å²) >= 11 is 0. The summed E-state index contributed by atoms with van der Waals surface area (Å²) in [6, 6.07) is 16.5. The van der Waals surface area contributed by atoms with Gasteiger partial charge in [-0.25, -0.2) is 14.4 Å². The molecule has 3 N–H and O–H groups in total. The molecule has 0 radical (unpaired) electrons. The van der Waals surface area contributed by atoms with E-state index in [-0.39, 0.29) is 41.3 Å². The second kappa shape index (κ2) is 15.8. The molecule has 5 heterocycles. The molecular weight excluding hydrogens is 734 g/mol. The topological polar surface area (TPSA) is 183 Å². The van der Waals surface area contributed by atoms with Crippen LogP contribution in [0.1, 0.15) is 59.2 Å². The molecule has 2 saturated heterocycles. The number of rotatable bonds is 12. The van der Waals surface area contributed by atoms with Crippen molar-refractivity contribution in [3.63, 3.8) is 0 Å². The Morgan fingerprint density at radius 2 is 1.72 bits per heavy atom. The number of H-pyrrole nitrogens is 1. The largest absolute Gasteiger partial charge is 0.496 e. The molecule has 292 valence electrons. The molecule has 15 nitrogen and oxygen atoms in total. The molecule has 8 rings (SSSR count). The number of piperidine rings is 1. The van der Waals surface area contributed by atoms with Crippen molar-refractivity contribution >= 4 is 51.9 Å². The van der Waals surface area contributed by atoms with Gasteiger partial charge in [-0.2, -0.15) is 5.10 Å². The van der Waals surface area contributed by atoms with E-state index in [9.17, 15) is 28.4 Å². The van der Waals surface area contributed by atoms with Crippen molar-refractivity contribution in [2.75, 3.05) is 50.1 Å². The molecule has 5 aromatic rings. The Morgan fingerprint density at radius 1 is 0.930 bits per heavy atom. The first-order valence-electron chi connectivity index (χ1n) is 19.0. The van der Waals surface area contributed by atoms with Gasteiger partial charge in [0.1, 0.15) is 34.3 Å². The number of fused-ring (bicyclic) bond motifs is 2. The van der Waals surface area contributed by atoms with Crippen LogP contribution in [0.3, 0.4) is 0 Å². The Balaban J connectivity index is 0.795. The molecule has 16 heteroatoms. The quantitative estimate of drug-likeness (QED) is 0.119. The average molecular weight is 774 g/mol. The van der Waals surface area contributed by atoms with E-state index in [1.165, 1.54) is 13.2 Å². The lowest BCUT2D eigenvalue weighted by atomic mass is 10.0. The Labute approximate surface area is 326 Å². The number of anilines is 2. The van der Waals surface area contributed by atoms with Crippen LogP contribution in [0.15, 0.2) is 66.9 Å². The minimum atomic E-state index is -1.02. The van der Waals surface area contributed by atoms with Crippen LogP contribution >= 0.6 is 0 Å².